The summed E-state index contributed by atoms with van der Waals surface area (Å²) in [6.45, 7) is 2.39. The first-order chi connectivity index (χ1) is 5.27. The fourth-order valence-electron chi connectivity index (χ4n) is 0.703. The van der Waals surface area contributed by atoms with Gasteiger partial charge in [0, 0.05) is 6.61 Å². The molecule has 0 aliphatic heterocycles. The van der Waals surface area contributed by atoms with Gasteiger partial charge < -0.3 is 9.64 Å². The summed E-state index contributed by atoms with van der Waals surface area (Å²) in [6.07, 6.45) is 1.54. The predicted octanol–water partition coefficient (Wildman–Crippen LogP) is 0.868. The number of rotatable bonds is 6. The quantitative estimate of drug-likeness (QED) is 0.535. The normalized spacial score (nSPS) is 10.0. The molecule has 0 fully saturated rings. The highest BCUT2D eigenvalue weighted by Gasteiger charge is 1.90. The lowest BCUT2D eigenvalue weighted by atomic mass is 10.4. The fourth-order valence-corrected chi connectivity index (χ4v) is 0.703. The Morgan fingerprint density at radius 2 is 2.09 bits per heavy atom. The van der Waals surface area contributed by atoms with E-state index in [0.29, 0.717) is 13.0 Å². The molecule has 0 aliphatic carbocycles. The Morgan fingerprint density at radius 1 is 1.36 bits per heavy atom. The molecule has 0 aromatic carbocycles. The van der Waals surface area contributed by atoms with Crippen LogP contribution in [0, 0.1) is 11.3 Å². The lowest BCUT2D eigenvalue weighted by Crippen LogP contribution is -2.14. The van der Waals surface area contributed by atoms with Gasteiger partial charge in [-0.3, -0.25) is 0 Å². The van der Waals surface area contributed by atoms with Gasteiger partial charge in [-0.2, -0.15) is 5.26 Å². The van der Waals surface area contributed by atoms with E-state index in [1.165, 1.54) is 0 Å². The van der Waals surface area contributed by atoms with Crippen LogP contribution in [0.25, 0.3) is 0 Å². The highest BCUT2D eigenvalue weighted by molar-refractivity contribution is 4.66. The third-order valence-electron chi connectivity index (χ3n) is 1.25. The van der Waals surface area contributed by atoms with Gasteiger partial charge in [-0.15, -0.1) is 0 Å². The Bertz CT molecular complexity index is 118. The molecule has 3 nitrogen and oxygen atoms in total. The Kier molecular flexibility index (Phi) is 7.11. The summed E-state index contributed by atoms with van der Waals surface area (Å²) in [5.74, 6) is 0. The second kappa shape index (κ2) is 7.52. The maximum absolute atomic E-state index is 8.17. The van der Waals surface area contributed by atoms with E-state index in [4.69, 9.17) is 10.00 Å². The molecule has 0 rings (SSSR count). The lowest BCUT2D eigenvalue weighted by Gasteiger charge is -2.08. The van der Waals surface area contributed by atoms with E-state index in [-0.39, 0.29) is 0 Å². The van der Waals surface area contributed by atoms with Crippen LogP contribution < -0.4 is 0 Å². The topological polar surface area (TPSA) is 36.3 Å². The maximum atomic E-state index is 8.17. The van der Waals surface area contributed by atoms with E-state index in [1.807, 2.05) is 20.2 Å². The summed E-state index contributed by atoms with van der Waals surface area (Å²) < 4.78 is 5.18. The van der Waals surface area contributed by atoms with Crippen LogP contribution in [-0.4, -0.2) is 38.8 Å². The summed E-state index contributed by atoms with van der Waals surface area (Å²) in [7, 11) is 4.07. The number of hydrogen-bond acceptors (Lipinski definition) is 3. The minimum absolute atomic E-state index is 0.502. The van der Waals surface area contributed by atoms with Crippen molar-refractivity contribution in [1.29, 1.82) is 5.26 Å². The van der Waals surface area contributed by atoms with Crippen molar-refractivity contribution in [3.63, 3.8) is 0 Å². The summed E-state index contributed by atoms with van der Waals surface area (Å²) in [6, 6.07) is 2.03. The second-order valence-corrected chi connectivity index (χ2v) is 2.68. The van der Waals surface area contributed by atoms with Crippen molar-refractivity contribution in [2.24, 2.45) is 0 Å². The zero-order chi connectivity index (χ0) is 8.53. The van der Waals surface area contributed by atoms with Crippen LogP contribution in [0.3, 0.4) is 0 Å². The van der Waals surface area contributed by atoms with Crippen LogP contribution in [-0.2, 0) is 4.74 Å². The molecule has 0 bridgehead atoms. The molecule has 0 aromatic heterocycles. The molecule has 0 amide bonds. The average Bonchev–Trinajstić information content (AvgIpc) is 1.96. The van der Waals surface area contributed by atoms with Crippen molar-refractivity contribution in [3.05, 3.63) is 0 Å². The molecule has 3 heteroatoms. The lowest BCUT2D eigenvalue weighted by molar-refractivity contribution is 0.131. The van der Waals surface area contributed by atoms with Crippen molar-refractivity contribution in [2.45, 2.75) is 12.8 Å². The standard InChI is InChI=1S/C8H16N2O/c1-10(2)6-4-8-11-7-3-5-9/h3-4,6-8H2,1-2H3. The van der Waals surface area contributed by atoms with Gasteiger partial charge >= 0.3 is 0 Å². The van der Waals surface area contributed by atoms with Gasteiger partial charge in [0.05, 0.1) is 19.1 Å². The first kappa shape index (κ1) is 10.4. The van der Waals surface area contributed by atoms with Gasteiger partial charge in [0.15, 0.2) is 0 Å². The van der Waals surface area contributed by atoms with Gasteiger partial charge in [-0.1, -0.05) is 0 Å². The van der Waals surface area contributed by atoms with Crippen LogP contribution in [0.15, 0.2) is 0 Å². The summed E-state index contributed by atoms with van der Waals surface area (Å²) in [5, 5.41) is 8.17. The molecule has 0 aliphatic rings. The Labute approximate surface area is 68.6 Å². The maximum Gasteiger partial charge on any atom is 0.0645 e. The van der Waals surface area contributed by atoms with Crippen molar-refractivity contribution in [1.82, 2.24) is 4.90 Å². The molecule has 0 radical (unpaired) electrons. The number of nitrogens with zero attached hydrogens (tertiary/aromatic N) is 2. The third kappa shape index (κ3) is 9.41. The molecule has 0 aromatic rings. The van der Waals surface area contributed by atoms with E-state index in [9.17, 15) is 0 Å². The minimum Gasteiger partial charge on any atom is -0.380 e. The van der Waals surface area contributed by atoms with Crippen LogP contribution >= 0.6 is 0 Å². The zero-order valence-electron chi connectivity index (χ0n) is 7.34. The van der Waals surface area contributed by atoms with Crippen molar-refractivity contribution in [3.8, 4) is 6.07 Å². The molecule has 0 saturated carbocycles. The predicted molar refractivity (Wildman–Crippen MR) is 44.2 cm³/mol. The number of hydrogen-bond donors (Lipinski definition) is 0. The molecule has 11 heavy (non-hydrogen) atoms. The molecular formula is C8H16N2O. The van der Waals surface area contributed by atoms with Crippen LogP contribution in [0.1, 0.15) is 12.8 Å². The van der Waals surface area contributed by atoms with Crippen LogP contribution in [0.4, 0.5) is 0 Å². The van der Waals surface area contributed by atoms with Gasteiger partial charge in [-0.25, -0.2) is 0 Å². The summed E-state index contributed by atoms with van der Waals surface area (Å²) in [4.78, 5) is 2.12. The smallest absolute Gasteiger partial charge is 0.0645 e. The molecule has 0 N–H and O–H groups in total. The van der Waals surface area contributed by atoms with Gasteiger partial charge in [0.25, 0.3) is 0 Å². The van der Waals surface area contributed by atoms with Crippen LogP contribution in [0.2, 0.25) is 0 Å². The largest absolute Gasteiger partial charge is 0.380 e. The van der Waals surface area contributed by atoms with E-state index in [0.717, 1.165) is 19.6 Å². The molecule has 0 heterocycles. The monoisotopic (exact) mass is 156 g/mol. The van der Waals surface area contributed by atoms with E-state index in [2.05, 4.69) is 4.90 Å². The highest BCUT2D eigenvalue weighted by atomic mass is 16.5. The highest BCUT2D eigenvalue weighted by Crippen LogP contribution is 1.86. The zero-order valence-corrected chi connectivity index (χ0v) is 7.34. The Hall–Kier alpha value is -0.590. The SMILES string of the molecule is CN(C)CCCOCCC#N. The minimum atomic E-state index is 0.502. The third-order valence-corrected chi connectivity index (χ3v) is 1.25. The number of nitriles is 1. The summed E-state index contributed by atoms with van der Waals surface area (Å²) in [5.41, 5.74) is 0. The molecule has 64 valence electrons. The fraction of sp³-hybridized carbons (Fsp3) is 0.875. The second-order valence-electron chi connectivity index (χ2n) is 2.68. The van der Waals surface area contributed by atoms with Crippen molar-refractivity contribution in [2.75, 3.05) is 33.9 Å². The van der Waals surface area contributed by atoms with Gasteiger partial charge in [0.1, 0.15) is 0 Å². The van der Waals surface area contributed by atoms with E-state index < -0.39 is 0 Å². The molecule has 0 unspecified atom stereocenters. The molecular weight excluding hydrogens is 140 g/mol. The summed E-state index contributed by atoms with van der Waals surface area (Å²) >= 11 is 0. The average molecular weight is 156 g/mol. The number of ether oxygens (including phenoxy) is 1. The molecule has 0 saturated heterocycles. The van der Waals surface area contributed by atoms with E-state index >= 15 is 0 Å². The van der Waals surface area contributed by atoms with Gasteiger partial charge in [0.2, 0.25) is 0 Å². The molecule has 0 atom stereocenters. The van der Waals surface area contributed by atoms with Crippen LogP contribution in [0.5, 0.6) is 0 Å². The first-order valence-corrected chi connectivity index (χ1v) is 3.87. The Morgan fingerprint density at radius 3 is 2.64 bits per heavy atom. The van der Waals surface area contributed by atoms with E-state index in [1.54, 1.807) is 0 Å². The van der Waals surface area contributed by atoms with Gasteiger partial charge in [-0.05, 0) is 27.1 Å². The Balaban J connectivity index is 2.86. The van der Waals surface area contributed by atoms with Crippen molar-refractivity contribution < 1.29 is 4.74 Å². The molecule has 0 spiro atoms. The van der Waals surface area contributed by atoms with Crippen molar-refractivity contribution >= 4 is 0 Å². The first-order valence-electron chi connectivity index (χ1n) is 3.87.